The van der Waals surface area contributed by atoms with Gasteiger partial charge in [0.05, 0.1) is 18.3 Å². The van der Waals surface area contributed by atoms with Crippen molar-refractivity contribution in [1.29, 1.82) is 0 Å². The van der Waals surface area contributed by atoms with E-state index in [4.69, 9.17) is 9.84 Å². The molecule has 0 amide bonds. The second-order valence-electron chi connectivity index (χ2n) is 9.20. The zero-order valence-electron chi connectivity index (χ0n) is 17.5. The Balaban J connectivity index is 1.74. The maximum absolute atomic E-state index is 10.7. The minimum absolute atomic E-state index is 0.00394. The molecule has 0 aromatic rings. The van der Waals surface area contributed by atoms with Crippen LogP contribution in [0.1, 0.15) is 85.0 Å². The van der Waals surface area contributed by atoms with E-state index in [1.165, 1.54) is 32.1 Å². The van der Waals surface area contributed by atoms with Crippen molar-refractivity contribution in [2.75, 3.05) is 11.5 Å². The Kier molecular flexibility index (Phi) is 9.43. The van der Waals surface area contributed by atoms with Crippen molar-refractivity contribution in [2.24, 2.45) is 17.3 Å². The monoisotopic (exact) mass is 400 g/mol. The highest BCUT2D eigenvalue weighted by Crippen LogP contribution is 2.48. The molecule has 0 aromatic heterocycles. The molecule has 4 nitrogen and oxygen atoms in total. The molecule has 5 atom stereocenters. The van der Waals surface area contributed by atoms with Crippen molar-refractivity contribution in [3.8, 4) is 0 Å². The molecule has 5 unspecified atom stereocenters. The molecule has 0 saturated carbocycles. The summed E-state index contributed by atoms with van der Waals surface area (Å²) in [7, 11) is 0. The Morgan fingerprint density at radius 3 is 2.44 bits per heavy atom. The van der Waals surface area contributed by atoms with E-state index in [2.05, 4.69) is 20.8 Å². The highest BCUT2D eigenvalue weighted by atomic mass is 32.2. The third kappa shape index (κ3) is 6.93. The molecule has 2 aliphatic heterocycles. The Hall–Kier alpha value is -0.260. The second kappa shape index (κ2) is 11.1. The highest BCUT2D eigenvalue weighted by Gasteiger charge is 2.48. The average Bonchev–Trinajstić information content (AvgIpc) is 3.22. The number of carboxylic acids is 1. The number of unbranched alkanes of at least 4 members (excludes halogenated alkanes) is 1. The van der Waals surface area contributed by atoms with Gasteiger partial charge in [0.1, 0.15) is 0 Å². The number of ether oxygens (including phenoxy) is 1. The molecule has 2 saturated heterocycles. The molecule has 0 radical (unpaired) electrons. The van der Waals surface area contributed by atoms with Gasteiger partial charge in [0.15, 0.2) is 0 Å². The first kappa shape index (κ1) is 23.0. The van der Waals surface area contributed by atoms with Crippen molar-refractivity contribution >= 4 is 17.7 Å². The summed E-state index contributed by atoms with van der Waals surface area (Å²) >= 11 is 1.88. The molecule has 2 heterocycles. The normalized spacial score (nSPS) is 28.6. The van der Waals surface area contributed by atoms with Gasteiger partial charge < -0.3 is 14.9 Å². The van der Waals surface area contributed by atoms with Gasteiger partial charge in [0, 0.05) is 6.42 Å². The lowest BCUT2D eigenvalue weighted by atomic mass is 9.73. The predicted molar refractivity (Wildman–Crippen MR) is 112 cm³/mol. The number of rotatable bonds is 14. The summed E-state index contributed by atoms with van der Waals surface area (Å²) in [6, 6.07) is 0. The van der Waals surface area contributed by atoms with Crippen LogP contribution in [0.25, 0.3) is 0 Å². The van der Waals surface area contributed by atoms with Gasteiger partial charge in [-0.05, 0) is 73.7 Å². The predicted octanol–water partition coefficient (Wildman–Crippen LogP) is 5.13. The van der Waals surface area contributed by atoms with Gasteiger partial charge in [-0.1, -0.05) is 33.6 Å². The summed E-state index contributed by atoms with van der Waals surface area (Å²) in [6.45, 7) is 6.62. The number of aliphatic carboxylic acids is 1. The zero-order valence-corrected chi connectivity index (χ0v) is 18.3. The summed E-state index contributed by atoms with van der Waals surface area (Å²) in [5, 5.41) is 19.5. The molecule has 2 aliphatic rings. The number of hydrogen-bond acceptors (Lipinski definition) is 4. The van der Waals surface area contributed by atoms with Crippen LogP contribution in [0.2, 0.25) is 0 Å². The minimum atomic E-state index is -0.697. The first-order chi connectivity index (χ1) is 12.8. The molecule has 2 rings (SSSR count). The van der Waals surface area contributed by atoms with Crippen LogP contribution in [-0.4, -0.2) is 46.0 Å². The molecular weight excluding hydrogens is 360 g/mol. The third-order valence-electron chi connectivity index (χ3n) is 6.72. The number of carboxylic acid groups (broad SMARTS) is 1. The summed E-state index contributed by atoms with van der Waals surface area (Å²) < 4.78 is 6.22. The average molecular weight is 401 g/mol. The summed E-state index contributed by atoms with van der Waals surface area (Å²) in [4.78, 5) is 10.6. The largest absolute Gasteiger partial charge is 0.481 e. The Morgan fingerprint density at radius 1 is 1.15 bits per heavy atom. The van der Waals surface area contributed by atoms with Gasteiger partial charge in [-0.3, -0.25) is 4.79 Å². The number of thioether (sulfide) groups is 1. The molecule has 2 N–H and O–H groups in total. The van der Waals surface area contributed by atoms with E-state index in [1.807, 2.05) is 11.8 Å². The second-order valence-corrected chi connectivity index (χ2v) is 10.4. The van der Waals surface area contributed by atoms with E-state index in [1.54, 1.807) is 0 Å². The fraction of sp³-hybridized carbons (Fsp3) is 0.955. The lowest BCUT2D eigenvalue weighted by Gasteiger charge is -2.33. The molecule has 158 valence electrons. The number of hydrogen-bond donors (Lipinski definition) is 2. The lowest BCUT2D eigenvalue weighted by Crippen LogP contribution is -2.33. The van der Waals surface area contributed by atoms with E-state index >= 15 is 0 Å². The van der Waals surface area contributed by atoms with E-state index in [-0.39, 0.29) is 17.9 Å². The van der Waals surface area contributed by atoms with Gasteiger partial charge in [-0.25, -0.2) is 0 Å². The van der Waals surface area contributed by atoms with Crippen LogP contribution in [0.5, 0.6) is 0 Å². The van der Waals surface area contributed by atoms with Crippen molar-refractivity contribution in [2.45, 2.75) is 103 Å². The van der Waals surface area contributed by atoms with Gasteiger partial charge >= 0.3 is 5.97 Å². The van der Waals surface area contributed by atoms with Crippen molar-refractivity contribution < 1.29 is 19.7 Å². The minimum Gasteiger partial charge on any atom is -0.481 e. The number of fused-ring (bicyclic) bond motifs is 2. The zero-order chi connectivity index (χ0) is 19.9. The molecule has 0 aliphatic carbocycles. The van der Waals surface area contributed by atoms with E-state index in [9.17, 15) is 9.90 Å². The van der Waals surface area contributed by atoms with Crippen LogP contribution in [-0.2, 0) is 9.53 Å². The summed E-state index contributed by atoms with van der Waals surface area (Å²) in [6.07, 6.45) is 10.6. The van der Waals surface area contributed by atoms with Crippen molar-refractivity contribution in [3.63, 3.8) is 0 Å². The Labute approximate surface area is 169 Å². The summed E-state index contributed by atoms with van der Waals surface area (Å²) in [5.74, 6) is 2.56. The molecule has 2 fully saturated rings. The van der Waals surface area contributed by atoms with Crippen LogP contribution < -0.4 is 0 Å². The molecule has 0 spiro atoms. The Bertz CT molecular complexity index is 454. The first-order valence-corrected chi connectivity index (χ1v) is 12.1. The van der Waals surface area contributed by atoms with Crippen LogP contribution >= 0.6 is 11.8 Å². The van der Waals surface area contributed by atoms with Gasteiger partial charge in [0.25, 0.3) is 0 Å². The first-order valence-electron chi connectivity index (χ1n) is 11.0. The number of carbonyl (C=O) groups is 1. The lowest BCUT2D eigenvalue weighted by molar-refractivity contribution is -0.137. The van der Waals surface area contributed by atoms with Crippen LogP contribution in [0.4, 0.5) is 0 Å². The number of aliphatic hydroxyl groups is 1. The van der Waals surface area contributed by atoms with E-state index in [0.29, 0.717) is 24.0 Å². The maximum Gasteiger partial charge on any atom is 0.303 e. The molecule has 27 heavy (non-hydrogen) atoms. The van der Waals surface area contributed by atoms with Crippen molar-refractivity contribution in [1.82, 2.24) is 0 Å². The smallest absolute Gasteiger partial charge is 0.303 e. The van der Waals surface area contributed by atoms with Crippen LogP contribution in [0, 0.1) is 17.3 Å². The fourth-order valence-electron chi connectivity index (χ4n) is 4.86. The van der Waals surface area contributed by atoms with Crippen LogP contribution in [0.3, 0.4) is 0 Å². The third-order valence-corrected chi connectivity index (χ3v) is 7.82. The standard InChI is InChI=1S/C22H40O4S/c1-4-5-13-22(2,3)20(23)11-8-16-17(19-10-9-18(16)26-19)12-15-27-14-6-7-21(24)25/h16-20,23H,4-15H2,1-3H3,(H,24,25). The topological polar surface area (TPSA) is 66.8 Å². The Morgan fingerprint density at radius 2 is 1.81 bits per heavy atom. The van der Waals surface area contributed by atoms with E-state index < -0.39 is 5.97 Å². The quantitative estimate of drug-likeness (QED) is 0.396. The molecule has 0 aromatic carbocycles. The molecular formula is C22H40O4S. The SMILES string of the molecule is CCCCC(C)(C)C(O)CCC1C2CCC(O2)C1CCSCCCC(=O)O. The molecule has 5 heteroatoms. The fourth-order valence-corrected chi connectivity index (χ4v) is 5.85. The van der Waals surface area contributed by atoms with Gasteiger partial charge in [-0.2, -0.15) is 11.8 Å². The molecule has 2 bridgehead atoms. The maximum atomic E-state index is 10.7. The van der Waals surface area contributed by atoms with Crippen LogP contribution in [0.15, 0.2) is 0 Å². The highest BCUT2D eigenvalue weighted by molar-refractivity contribution is 7.99. The summed E-state index contributed by atoms with van der Waals surface area (Å²) in [5.41, 5.74) is 0.00394. The van der Waals surface area contributed by atoms with E-state index in [0.717, 1.165) is 37.2 Å². The number of aliphatic hydroxyl groups excluding tert-OH is 1. The van der Waals surface area contributed by atoms with Crippen molar-refractivity contribution in [3.05, 3.63) is 0 Å². The van der Waals surface area contributed by atoms with Gasteiger partial charge in [0.2, 0.25) is 0 Å². The van der Waals surface area contributed by atoms with Gasteiger partial charge in [-0.15, -0.1) is 0 Å².